The summed E-state index contributed by atoms with van der Waals surface area (Å²) < 4.78 is 11.2. The molecule has 0 aromatic heterocycles. The minimum atomic E-state index is -0.274. The first-order valence-corrected chi connectivity index (χ1v) is 9.60. The van der Waals surface area contributed by atoms with Crippen molar-refractivity contribution in [2.45, 2.75) is 19.3 Å². The molecule has 0 radical (unpaired) electrons. The maximum absolute atomic E-state index is 11.5. The van der Waals surface area contributed by atoms with Gasteiger partial charge in [-0.1, -0.05) is 43.3 Å². The van der Waals surface area contributed by atoms with Crippen LogP contribution in [0.2, 0.25) is 0 Å². The van der Waals surface area contributed by atoms with Crippen LogP contribution in [0, 0.1) is 0 Å². The molecule has 1 saturated heterocycles. The average molecular weight is 368 g/mol. The number of carbonyl (C=O) groups is 1. The second-order valence-corrected chi connectivity index (χ2v) is 6.81. The SMILES string of the molecule is CCC(C(N)=O)c1ccc(-c2ccc(OCCN3CCOCC3)cc2)cc1. The van der Waals surface area contributed by atoms with Gasteiger partial charge in [0.2, 0.25) is 5.91 Å². The van der Waals surface area contributed by atoms with E-state index in [0.29, 0.717) is 13.0 Å². The van der Waals surface area contributed by atoms with Gasteiger partial charge in [0.1, 0.15) is 12.4 Å². The number of primary amides is 1. The zero-order valence-corrected chi connectivity index (χ0v) is 15.9. The first kappa shape index (κ1) is 19.4. The van der Waals surface area contributed by atoms with Crippen molar-refractivity contribution in [1.29, 1.82) is 0 Å². The number of nitrogens with zero attached hydrogens (tertiary/aromatic N) is 1. The first-order chi connectivity index (χ1) is 13.2. The minimum absolute atomic E-state index is 0.221. The third-order valence-corrected chi connectivity index (χ3v) is 5.03. The molecule has 2 N–H and O–H groups in total. The standard InChI is InChI=1S/C22H28N2O3/c1-2-21(22(23)25)19-5-3-17(4-6-19)18-7-9-20(10-8-18)27-16-13-24-11-14-26-15-12-24/h3-10,21H,2,11-16H2,1H3,(H2,23,25). The molecule has 5 nitrogen and oxygen atoms in total. The van der Waals surface area contributed by atoms with Crippen LogP contribution in [-0.4, -0.2) is 50.3 Å². The molecule has 1 amide bonds. The molecule has 27 heavy (non-hydrogen) atoms. The average Bonchev–Trinajstić information content (AvgIpc) is 2.70. The minimum Gasteiger partial charge on any atom is -0.492 e. The lowest BCUT2D eigenvalue weighted by Gasteiger charge is -2.26. The summed E-state index contributed by atoms with van der Waals surface area (Å²) in [4.78, 5) is 13.9. The van der Waals surface area contributed by atoms with E-state index in [1.54, 1.807) is 0 Å². The molecular weight excluding hydrogens is 340 g/mol. The molecule has 2 aromatic rings. The van der Waals surface area contributed by atoms with E-state index in [0.717, 1.165) is 55.3 Å². The summed E-state index contributed by atoms with van der Waals surface area (Å²) in [7, 11) is 0. The summed E-state index contributed by atoms with van der Waals surface area (Å²) in [6.45, 7) is 7.16. The highest BCUT2D eigenvalue weighted by molar-refractivity contribution is 5.82. The second-order valence-electron chi connectivity index (χ2n) is 6.81. The summed E-state index contributed by atoms with van der Waals surface area (Å²) in [6.07, 6.45) is 0.713. The van der Waals surface area contributed by atoms with E-state index in [9.17, 15) is 4.79 Å². The van der Waals surface area contributed by atoms with E-state index < -0.39 is 0 Å². The summed E-state index contributed by atoms with van der Waals surface area (Å²) in [5.74, 6) is 0.383. The van der Waals surface area contributed by atoms with Gasteiger partial charge in [-0.25, -0.2) is 0 Å². The van der Waals surface area contributed by atoms with Gasteiger partial charge in [0.15, 0.2) is 0 Å². The number of hydrogen-bond donors (Lipinski definition) is 1. The number of rotatable bonds is 8. The second kappa shape index (κ2) is 9.53. The van der Waals surface area contributed by atoms with Crippen molar-refractivity contribution in [3.63, 3.8) is 0 Å². The number of carbonyl (C=O) groups excluding carboxylic acids is 1. The van der Waals surface area contributed by atoms with Crippen LogP contribution in [0.1, 0.15) is 24.8 Å². The van der Waals surface area contributed by atoms with Crippen LogP contribution in [-0.2, 0) is 9.53 Å². The van der Waals surface area contributed by atoms with Crippen molar-refractivity contribution >= 4 is 5.91 Å². The van der Waals surface area contributed by atoms with E-state index in [1.807, 2.05) is 43.3 Å². The van der Waals surface area contributed by atoms with Gasteiger partial charge in [-0.2, -0.15) is 0 Å². The van der Waals surface area contributed by atoms with Gasteiger partial charge in [-0.15, -0.1) is 0 Å². The molecule has 1 fully saturated rings. The number of amides is 1. The Hall–Kier alpha value is -2.37. The summed E-state index contributed by atoms with van der Waals surface area (Å²) >= 11 is 0. The van der Waals surface area contributed by atoms with E-state index in [1.165, 1.54) is 0 Å². The fourth-order valence-electron chi connectivity index (χ4n) is 3.37. The zero-order chi connectivity index (χ0) is 19.1. The number of morpholine rings is 1. The maximum Gasteiger partial charge on any atom is 0.224 e. The van der Waals surface area contributed by atoms with E-state index in [4.69, 9.17) is 15.2 Å². The van der Waals surface area contributed by atoms with Crippen molar-refractivity contribution in [1.82, 2.24) is 4.90 Å². The highest BCUT2D eigenvalue weighted by Crippen LogP contribution is 2.26. The van der Waals surface area contributed by atoms with Gasteiger partial charge in [-0.05, 0) is 35.2 Å². The molecule has 2 aromatic carbocycles. The Morgan fingerprint density at radius 3 is 2.22 bits per heavy atom. The molecule has 1 atom stereocenters. The van der Waals surface area contributed by atoms with Crippen molar-refractivity contribution in [3.8, 4) is 16.9 Å². The molecule has 0 saturated carbocycles. The summed E-state index contributed by atoms with van der Waals surface area (Å²) in [5.41, 5.74) is 8.67. The highest BCUT2D eigenvalue weighted by Gasteiger charge is 2.15. The summed E-state index contributed by atoms with van der Waals surface area (Å²) in [6, 6.07) is 16.2. The third-order valence-electron chi connectivity index (χ3n) is 5.03. The van der Waals surface area contributed by atoms with Gasteiger partial charge in [0.05, 0.1) is 19.1 Å². The summed E-state index contributed by atoms with van der Waals surface area (Å²) in [5, 5.41) is 0. The zero-order valence-electron chi connectivity index (χ0n) is 15.9. The normalized spacial score (nSPS) is 16.0. The van der Waals surface area contributed by atoms with Crippen LogP contribution < -0.4 is 10.5 Å². The molecule has 144 valence electrons. The lowest BCUT2D eigenvalue weighted by molar-refractivity contribution is -0.119. The Labute approximate surface area is 161 Å². The third kappa shape index (κ3) is 5.31. The van der Waals surface area contributed by atoms with Gasteiger partial charge < -0.3 is 15.2 Å². The molecule has 0 spiro atoms. The predicted molar refractivity (Wildman–Crippen MR) is 107 cm³/mol. The first-order valence-electron chi connectivity index (χ1n) is 9.60. The van der Waals surface area contributed by atoms with Crippen LogP contribution in [0.3, 0.4) is 0 Å². The van der Waals surface area contributed by atoms with Gasteiger partial charge in [0, 0.05) is 19.6 Å². The predicted octanol–water partition coefficient (Wildman–Crippen LogP) is 3.04. The highest BCUT2D eigenvalue weighted by atomic mass is 16.5. The smallest absolute Gasteiger partial charge is 0.224 e. The molecule has 1 unspecified atom stereocenters. The fraction of sp³-hybridized carbons (Fsp3) is 0.409. The van der Waals surface area contributed by atoms with E-state index in [2.05, 4.69) is 17.0 Å². The lowest BCUT2D eigenvalue weighted by atomic mass is 9.94. The number of ether oxygens (including phenoxy) is 2. The quantitative estimate of drug-likeness (QED) is 0.778. The molecule has 1 heterocycles. The Morgan fingerprint density at radius 1 is 1.07 bits per heavy atom. The number of benzene rings is 2. The molecule has 5 heteroatoms. The Balaban J connectivity index is 1.55. The van der Waals surface area contributed by atoms with Crippen molar-refractivity contribution in [2.24, 2.45) is 5.73 Å². The van der Waals surface area contributed by atoms with Gasteiger partial charge in [0.25, 0.3) is 0 Å². The molecule has 0 aliphatic carbocycles. The van der Waals surface area contributed by atoms with Crippen LogP contribution in [0.15, 0.2) is 48.5 Å². The Kier molecular flexibility index (Phi) is 6.85. The number of nitrogens with two attached hydrogens (primary N) is 1. The van der Waals surface area contributed by atoms with Crippen LogP contribution in [0.25, 0.3) is 11.1 Å². The Bertz CT molecular complexity index is 722. The molecular formula is C22H28N2O3. The molecule has 1 aliphatic rings. The van der Waals surface area contributed by atoms with E-state index in [-0.39, 0.29) is 11.8 Å². The molecule has 3 rings (SSSR count). The molecule has 0 bridgehead atoms. The van der Waals surface area contributed by atoms with Crippen molar-refractivity contribution in [3.05, 3.63) is 54.1 Å². The van der Waals surface area contributed by atoms with Gasteiger partial charge in [-0.3, -0.25) is 9.69 Å². The topological polar surface area (TPSA) is 64.8 Å². The Morgan fingerprint density at radius 2 is 1.67 bits per heavy atom. The fourth-order valence-corrected chi connectivity index (χ4v) is 3.37. The van der Waals surface area contributed by atoms with Crippen molar-refractivity contribution < 1.29 is 14.3 Å². The maximum atomic E-state index is 11.5. The van der Waals surface area contributed by atoms with Crippen LogP contribution >= 0.6 is 0 Å². The van der Waals surface area contributed by atoms with Gasteiger partial charge >= 0.3 is 0 Å². The number of hydrogen-bond acceptors (Lipinski definition) is 4. The molecule has 1 aliphatic heterocycles. The largest absolute Gasteiger partial charge is 0.492 e. The lowest BCUT2D eigenvalue weighted by Crippen LogP contribution is -2.38. The van der Waals surface area contributed by atoms with Crippen LogP contribution in [0.5, 0.6) is 5.75 Å². The monoisotopic (exact) mass is 368 g/mol. The van der Waals surface area contributed by atoms with E-state index >= 15 is 0 Å². The van der Waals surface area contributed by atoms with Crippen molar-refractivity contribution in [2.75, 3.05) is 39.5 Å². The van der Waals surface area contributed by atoms with Crippen LogP contribution in [0.4, 0.5) is 0 Å².